The van der Waals surface area contributed by atoms with Crippen molar-refractivity contribution in [1.82, 2.24) is 0 Å². The third-order valence-corrected chi connectivity index (χ3v) is 2.12. The molecule has 0 spiro atoms. The van der Waals surface area contributed by atoms with Crippen molar-refractivity contribution in [3.63, 3.8) is 0 Å². The maximum absolute atomic E-state index is 11.5. The van der Waals surface area contributed by atoms with E-state index in [0.29, 0.717) is 19.6 Å². The van der Waals surface area contributed by atoms with E-state index in [1.807, 2.05) is 6.92 Å². The van der Waals surface area contributed by atoms with E-state index in [1.165, 1.54) is 0 Å². The summed E-state index contributed by atoms with van der Waals surface area (Å²) < 4.78 is 10.0. The fourth-order valence-corrected chi connectivity index (χ4v) is 1.19. The number of rotatable bonds is 4. The molecule has 1 aliphatic heterocycles. The molecule has 4 heteroatoms. The second-order valence-electron chi connectivity index (χ2n) is 3.73. The van der Waals surface area contributed by atoms with Gasteiger partial charge < -0.3 is 15.2 Å². The van der Waals surface area contributed by atoms with Gasteiger partial charge in [-0.3, -0.25) is 4.79 Å². The van der Waals surface area contributed by atoms with Crippen LogP contribution in [0.2, 0.25) is 0 Å². The van der Waals surface area contributed by atoms with Crippen molar-refractivity contribution in [2.24, 2.45) is 5.73 Å². The van der Waals surface area contributed by atoms with Gasteiger partial charge >= 0.3 is 5.97 Å². The van der Waals surface area contributed by atoms with Crippen molar-refractivity contribution in [2.45, 2.75) is 38.3 Å². The molecular weight excluding hydrogens is 170 g/mol. The molecule has 0 aromatic carbocycles. The molecule has 4 nitrogen and oxygen atoms in total. The fourth-order valence-electron chi connectivity index (χ4n) is 1.19. The minimum absolute atomic E-state index is 0.0766. The number of carbonyl (C=O) groups is 1. The highest BCUT2D eigenvalue weighted by Crippen LogP contribution is 2.14. The van der Waals surface area contributed by atoms with Crippen LogP contribution in [0.4, 0.5) is 0 Å². The quantitative estimate of drug-likeness (QED) is 0.649. The molecule has 0 aliphatic carbocycles. The van der Waals surface area contributed by atoms with Crippen LogP contribution in [0, 0.1) is 0 Å². The van der Waals surface area contributed by atoms with Crippen LogP contribution in [-0.4, -0.2) is 30.8 Å². The number of carbonyl (C=O) groups excluding carboxylic acids is 1. The Bertz CT molecular complexity index is 187. The van der Waals surface area contributed by atoms with Crippen molar-refractivity contribution in [2.75, 3.05) is 13.2 Å². The Morgan fingerprint density at radius 2 is 2.31 bits per heavy atom. The molecule has 0 aromatic rings. The van der Waals surface area contributed by atoms with Gasteiger partial charge in [0.2, 0.25) is 0 Å². The van der Waals surface area contributed by atoms with E-state index >= 15 is 0 Å². The molecule has 0 bridgehead atoms. The molecule has 1 aliphatic rings. The maximum atomic E-state index is 11.5. The molecule has 0 saturated carbocycles. The molecule has 1 atom stereocenters. The van der Waals surface area contributed by atoms with Crippen LogP contribution in [0.1, 0.15) is 26.7 Å². The van der Waals surface area contributed by atoms with E-state index < -0.39 is 5.54 Å². The zero-order valence-electron chi connectivity index (χ0n) is 8.21. The summed E-state index contributed by atoms with van der Waals surface area (Å²) in [6.45, 7) is 4.71. The highest BCUT2D eigenvalue weighted by atomic mass is 16.6. The zero-order valence-corrected chi connectivity index (χ0v) is 8.21. The Balaban J connectivity index is 2.35. The lowest BCUT2D eigenvalue weighted by molar-refractivity contribution is -0.177. The molecule has 13 heavy (non-hydrogen) atoms. The summed E-state index contributed by atoms with van der Waals surface area (Å²) in [6, 6.07) is 0. The largest absolute Gasteiger partial charge is 0.456 e. The van der Waals surface area contributed by atoms with Crippen LogP contribution in [0.25, 0.3) is 0 Å². The Hall–Kier alpha value is -0.610. The smallest absolute Gasteiger partial charge is 0.326 e. The van der Waals surface area contributed by atoms with Gasteiger partial charge in [-0.15, -0.1) is 0 Å². The summed E-state index contributed by atoms with van der Waals surface area (Å²) in [7, 11) is 0. The van der Waals surface area contributed by atoms with Crippen molar-refractivity contribution in [3.05, 3.63) is 0 Å². The third kappa shape index (κ3) is 2.67. The number of hydrogen-bond acceptors (Lipinski definition) is 4. The highest BCUT2D eigenvalue weighted by molar-refractivity contribution is 5.80. The molecule has 1 heterocycles. The van der Waals surface area contributed by atoms with Crippen LogP contribution in [0.15, 0.2) is 0 Å². The minimum Gasteiger partial charge on any atom is -0.456 e. The SMILES string of the molecule is CCCC(C)(N)C(=O)OC1COC1. The summed E-state index contributed by atoms with van der Waals surface area (Å²) in [5, 5.41) is 0. The average molecular weight is 187 g/mol. The fraction of sp³-hybridized carbons (Fsp3) is 0.889. The molecule has 0 radical (unpaired) electrons. The maximum Gasteiger partial charge on any atom is 0.326 e. The lowest BCUT2D eigenvalue weighted by atomic mass is 9.98. The minimum atomic E-state index is -0.843. The Morgan fingerprint density at radius 1 is 1.69 bits per heavy atom. The molecule has 1 unspecified atom stereocenters. The first kappa shape index (κ1) is 10.5. The Kier molecular flexibility index (Phi) is 3.27. The van der Waals surface area contributed by atoms with Crippen molar-refractivity contribution in [1.29, 1.82) is 0 Å². The van der Waals surface area contributed by atoms with E-state index in [2.05, 4.69) is 0 Å². The third-order valence-electron chi connectivity index (χ3n) is 2.12. The van der Waals surface area contributed by atoms with Crippen LogP contribution in [0.5, 0.6) is 0 Å². The van der Waals surface area contributed by atoms with E-state index in [1.54, 1.807) is 6.92 Å². The lowest BCUT2D eigenvalue weighted by Crippen LogP contribution is -2.50. The van der Waals surface area contributed by atoms with Crippen molar-refractivity contribution >= 4 is 5.97 Å². The van der Waals surface area contributed by atoms with Crippen molar-refractivity contribution in [3.8, 4) is 0 Å². The first-order valence-electron chi connectivity index (χ1n) is 4.64. The van der Waals surface area contributed by atoms with E-state index in [9.17, 15) is 4.79 Å². The van der Waals surface area contributed by atoms with Crippen LogP contribution in [-0.2, 0) is 14.3 Å². The highest BCUT2D eigenvalue weighted by Gasteiger charge is 2.33. The first-order chi connectivity index (χ1) is 6.06. The topological polar surface area (TPSA) is 61.6 Å². The van der Waals surface area contributed by atoms with Crippen LogP contribution in [0.3, 0.4) is 0 Å². The second-order valence-corrected chi connectivity index (χ2v) is 3.73. The van der Waals surface area contributed by atoms with Crippen LogP contribution < -0.4 is 5.73 Å². The number of nitrogens with two attached hydrogens (primary N) is 1. The summed E-state index contributed by atoms with van der Waals surface area (Å²) >= 11 is 0. The first-order valence-corrected chi connectivity index (χ1v) is 4.64. The second kappa shape index (κ2) is 4.07. The monoisotopic (exact) mass is 187 g/mol. The molecule has 76 valence electrons. The number of hydrogen-bond donors (Lipinski definition) is 1. The normalized spacial score (nSPS) is 21.8. The van der Waals surface area contributed by atoms with Crippen molar-refractivity contribution < 1.29 is 14.3 Å². The summed E-state index contributed by atoms with van der Waals surface area (Å²) in [6.07, 6.45) is 1.45. The zero-order chi connectivity index (χ0) is 9.90. The lowest BCUT2D eigenvalue weighted by Gasteiger charge is -2.30. The molecule has 0 amide bonds. The average Bonchev–Trinajstić information content (AvgIpc) is 1.96. The van der Waals surface area contributed by atoms with E-state index in [4.69, 9.17) is 15.2 Å². The van der Waals surface area contributed by atoms with Gasteiger partial charge in [0.15, 0.2) is 0 Å². The van der Waals surface area contributed by atoms with Gasteiger partial charge in [0.05, 0.1) is 13.2 Å². The summed E-state index contributed by atoms with van der Waals surface area (Å²) in [5.41, 5.74) is 4.94. The van der Waals surface area contributed by atoms with Gasteiger partial charge in [-0.1, -0.05) is 13.3 Å². The van der Waals surface area contributed by atoms with Crippen LogP contribution >= 0.6 is 0 Å². The molecule has 1 rings (SSSR count). The van der Waals surface area contributed by atoms with E-state index in [-0.39, 0.29) is 12.1 Å². The van der Waals surface area contributed by atoms with E-state index in [0.717, 1.165) is 6.42 Å². The molecule has 1 saturated heterocycles. The van der Waals surface area contributed by atoms with Gasteiger partial charge in [-0.2, -0.15) is 0 Å². The molecular formula is C9H17NO3. The summed E-state index contributed by atoms with van der Waals surface area (Å²) in [5.74, 6) is -0.317. The number of esters is 1. The molecule has 2 N–H and O–H groups in total. The van der Waals surface area contributed by atoms with Gasteiger partial charge in [0, 0.05) is 0 Å². The Labute approximate surface area is 78.4 Å². The molecule has 0 aromatic heterocycles. The standard InChI is InChI=1S/C9H17NO3/c1-3-4-9(2,10)8(11)13-7-5-12-6-7/h7H,3-6,10H2,1-2H3. The van der Waals surface area contributed by atoms with Gasteiger partial charge in [-0.05, 0) is 13.3 Å². The van der Waals surface area contributed by atoms with Gasteiger partial charge in [-0.25, -0.2) is 0 Å². The predicted octanol–water partition coefficient (Wildman–Crippen LogP) is 0.446. The Morgan fingerprint density at radius 3 is 2.69 bits per heavy atom. The number of ether oxygens (including phenoxy) is 2. The predicted molar refractivity (Wildman–Crippen MR) is 48.2 cm³/mol. The van der Waals surface area contributed by atoms with Gasteiger partial charge in [0.25, 0.3) is 0 Å². The molecule has 1 fully saturated rings. The summed E-state index contributed by atoms with van der Waals surface area (Å²) in [4.78, 5) is 11.5. The van der Waals surface area contributed by atoms with Gasteiger partial charge in [0.1, 0.15) is 11.6 Å².